The van der Waals surface area contributed by atoms with Crippen molar-refractivity contribution in [3.63, 3.8) is 0 Å². The molecular weight excluding hydrogens is 264 g/mol. The Bertz CT molecular complexity index is 417. The summed E-state index contributed by atoms with van der Waals surface area (Å²) < 4.78 is 0.445. The van der Waals surface area contributed by atoms with Crippen molar-refractivity contribution >= 4 is 11.8 Å². The van der Waals surface area contributed by atoms with Crippen LogP contribution in [-0.4, -0.2) is 42.1 Å². The van der Waals surface area contributed by atoms with Crippen molar-refractivity contribution in [2.45, 2.75) is 38.0 Å². The van der Waals surface area contributed by atoms with Crippen LogP contribution in [-0.2, 0) is 13.0 Å². The fourth-order valence-corrected chi connectivity index (χ4v) is 3.81. The molecule has 0 amide bonds. The van der Waals surface area contributed by atoms with Crippen molar-refractivity contribution in [3.05, 3.63) is 35.4 Å². The Hall–Kier alpha value is -0.510. The number of rotatable bonds is 5. The Balaban J connectivity index is 1.98. The Labute approximate surface area is 128 Å². The molecule has 3 heteroatoms. The molecule has 1 aromatic rings. The summed E-state index contributed by atoms with van der Waals surface area (Å²) in [6.45, 7) is 9.36. The van der Waals surface area contributed by atoms with E-state index in [1.807, 2.05) is 7.05 Å². The zero-order chi connectivity index (χ0) is 14.4. The quantitative estimate of drug-likeness (QED) is 0.897. The van der Waals surface area contributed by atoms with E-state index < -0.39 is 0 Å². The smallest absolute Gasteiger partial charge is 0.0236 e. The molecule has 1 N–H and O–H groups in total. The van der Waals surface area contributed by atoms with E-state index in [1.165, 1.54) is 36.4 Å². The van der Waals surface area contributed by atoms with Gasteiger partial charge in [-0.2, -0.15) is 11.8 Å². The fraction of sp³-hybridized carbons (Fsp3) is 0.647. The van der Waals surface area contributed by atoms with E-state index in [0.717, 1.165) is 19.5 Å². The monoisotopic (exact) mass is 292 g/mol. The summed E-state index contributed by atoms with van der Waals surface area (Å²) in [7, 11) is 2.02. The zero-order valence-electron chi connectivity index (χ0n) is 13.1. The Kier molecular flexibility index (Phi) is 5.94. The lowest BCUT2D eigenvalue weighted by atomic mass is 10.0. The highest BCUT2D eigenvalue weighted by atomic mass is 32.2. The molecule has 0 aromatic heterocycles. The lowest BCUT2D eigenvalue weighted by Crippen LogP contribution is -2.27. The second-order valence-electron chi connectivity index (χ2n) is 6.26. The molecular formula is C17H28N2S. The third kappa shape index (κ3) is 4.80. The van der Waals surface area contributed by atoms with Gasteiger partial charge in [0.1, 0.15) is 0 Å². The van der Waals surface area contributed by atoms with E-state index in [1.54, 1.807) is 0 Å². The molecule has 1 fully saturated rings. The van der Waals surface area contributed by atoms with E-state index in [2.05, 4.69) is 60.1 Å². The first-order valence-electron chi connectivity index (χ1n) is 7.68. The number of likely N-dealkylation sites (N-methyl/N-ethyl adjacent to an activating group) is 1. The lowest BCUT2D eigenvalue weighted by Gasteiger charge is -2.23. The van der Waals surface area contributed by atoms with Gasteiger partial charge in [-0.15, -0.1) is 0 Å². The van der Waals surface area contributed by atoms with Gasteiger partial charge in [0.05, 0.1) is 0 Å². The molecule has 112 valence electrons. The molecule has 0 atom stereocenters. The van der Waals surface area contributed by atoms with E-state index >= 15 is 0 Å². The SMILES string of the molecule is CNCCc1ccccc1CN1CCSC(C)(C)CC1. The molecule has 1 aromatic carbocycles. The van der Waals surface area contributed by atoms with Crippen LogP contribution in [0.15, 0.2) is 24.3 Å². The fourth-order valence-electron chi connectivity index (χ4n) is 2.68. The Morgan fingerprint density at radius 1 is 1.20 bits per heavy atom. The van der Waals surface area contributed by atoms with Crippen LogP contribution in [0.3, 0.4) is 0 Å². The number of nitrogens with one attached hydrogen (secondary N) is 1. The minimum atomic E-state index is 0.445. The van der Waals surface area contributed by atoms with Gasteiger partial charge in [0.25, 0.3) is 0 Å². The summed E-state index contributed by atoms with van der Waals surface area (Å²) in [6, 6.07) is 8.92. The van der Waals surface area contributed by atoms with Gasteiger partial charge in [0, 0.05) is 23.6 Å². The molecule has 1 aliphatic heterocycles. The van der Waals surface area contributed by atoms with Gasteiger partial charge >= 0.3 is 0 Å². The second kappa shape index (κ2) is 7.48. The third-order valence-electron chi connectivity index (χ3n) is 4.09. The maximum atomic E-state index is 3.25. The average molecular weight is 292 g/mol. The number of hydrogen-bond acceptors (Lipinski definition) is 3. The van der Waals surface area contributed by atoms with Crippen LogP contribution in [0.5, 0.6) is 0 Å². The normalized spacial score (nSPS) is 19.8. The van der Waals surface area contributed by atoms with E-state index in [-0.39, 0.29) is 0 Å². The highest BCUT2D eigenvalue weighted by Gasteiger charge is 2.23. The molecule has 2 nitrogen and oxygen atoms in total. The predicted molar refractivity (Wildman–Crippen MR) is 90.5 cm³/mol. The van der Waals surface area contributed by atoms with Crippen LogP contribution in [0.2, 0.25) is 0 Å². The topological polar surface area (TPSA) is 15.3 Å². The largest absolute Gasteiger partial charge is 0.319 e. The van der Waals surface area contributed by atoms with Gasteiger partial charge in [-0.25, -0.2) is 0 Å². The summed E-state index contributed by atoms with van der Waals surface area (Å²) in [5, 5.41) is 3.25. The maximum Gasteiger partial charge on any atom is 0.0236 e. The zero-order valence-corrected chi connectivity index (χ0v) is 13.9. The first-order chi connectivity index (χ1) is 9.61. The molecule has 0 saturated carbocycles. The number of thioether (sulfide) groups is 1. The van der Waals surface area contributed by atoms with Gasteiger partial charge in [0.2, 0.25) is 0 Å². The summed E-state index contributed by atoms with van der Waals surface area (Å²) >= 11 is 2.12. The number of benzene rings is 1. The molecule has 0 unspecified atom stereocenters. The van der Waals surface area contributed by atoms with Crippen molar-refractivity contribution in [2.75, 3.05) is 32.4 Å². The van der Waals surface area contributed by atoms with Crippen molar-refractivity contribution in [1.29, 1.82) is 0 Å². The van der Waals surface area contributed by atoms with Crippen LogP contribution < -0.4 is 5.32 Å². The van der Waals surface area contributed by atoms with Gasteiger partial charge in [0.15, 0.2) is 0 Å². The molecule has 0 aliphatic carbocycles. The van der Waals surface area contributed by atoms with Crippen LogP contribution in [0.1, 0.15) is 31.4 Å². The summed E-state index contributed by atoms with van der Waals surface area (Å²) in [5.41, 5.74) is 3.01. The molecule has 2 rings (SSSR count). The molecule has 20 heavy (non-hydrogen) atoms. The lowest BCUT2D eigenvalue weighted by molar-refractivity contribution is 0.275. The summed E-state index contributed by atoms with van der Waals surface area (Å²) in [6.07, 6.45) is 2.41. The maximum absolute atomic E-state index is 3.25. The first-order valence-corrected chi connectivity index (χ1v) is 8.67. The predicted octanol–water partition coefficient (Wildman–Crippen LogP) is 3.17. The highest BCUT2D eigenvalue weighted by Crippen LogP contribution is 2.31. The second-order valence-corrected chi connectivity index (χ2v) is 8.06. The minimum Gasteiger partial charge on any atom is -0.319 e. The van der Waals surface area contributed by atoms with Gasteiger partial charge in [-0.05, 0) is 44.1 Å². The average Bonchev–Trinajstić information content (AvgIpc) is 2.59. The van der Waals surface area contributed by atoms with Gasteiger partial charge in [-0.1, -0.05) is 38.1 Å². The first kappa shape index (κ1) is 15.9. The van der Waals surface area contributed by atoms with E-state index in [4.69, 9.17) is 0 Å². The van der Waals surface area contributed by atoms with Crippen LogP contribution in [0.25, 0.3) is 0 Å². The van der Waals surface area contributed by atoms with Crippen molar-refractivity contribution < 1.29 is 0 Å². The van der Waals surface area contributed by atoms with Crippen molar-refractivity contribution in [1.82, 2.24) is 10.2 Å². The van der Waals surface area contributed by atoms with E-state index in [9.17, 15) is 0 Å². The molecule has 0 bridgehead atoms. The van der Waals surface area contributed by atoms with Crippen LogP contribution in [0.4, 0.5) is 0 Å². The molecule has 0 spiro atoms. The molecule has 1 saturated heterocycles. The van der Waals surface area contributed by atoms with Crippen molar-refractivity contribution in [3.8, 4) is 0 Å². The standard InChI is InChI=1S/C17H28N2S/c1-17(2)9-11-19(12-13-20-17)14-16-7-5-4-6-15(16)8-10-18-3/h4-7,18H,8-14H2,1-3H3. The summed E-state index contributed by atoms with van der Waals surface area (Å²) in [4.78, 5) is 2.62. The summed E-state index contributed by atoms with van der Waals surface area (Å²) in [5.74, 6) is 1.26. The third-order valence-corrected chi connectivity index (χ3v) is 5.46. The van der Waals surface area contributed by atoms with Crippen LogP contribution in [0, 0.1) is 0 Å². The molecule has 1 heterocycles. The highest BCUT2D eigenvalue weighted by molar-refractivity contribution is 8.00. The van der Waals surface area contributed by atoms with Gasteiger partial charge < -0.3 is 5.32 Å². The Morgan fingerprint density at radius 3 is 2.70 bits per heavy atom. The minimum absolute atomic E-state index is 0.445. The van der Waals surface area contributed by atoms with E-state index in [0.29, 0.717) is 4.75 Å². The van der Waals surface area contributed by atoms with Crippen molar-refractivity contribution in [2.24, 2.45) is 0 Å². The van der Waals surface area contributed by atoms with Gasteiger partial charge in [-0.3, -0.25) is 4.90 Å². The van der Waals surface area contributed by atoms with Crippen LogP contribution >= 0.6 is 11.8 Å². The molecule has 1 aliphatic rings. The molecule has 0 radical (unpaired) electrons. The number of hydrogen-bond donors (Lipinski definition) is 1. The Morgan fingerprint density at radius 2 is 1.95 bits per heavy atom. The number of nitrogens with zero attached hydrogens (tertiary/aromatic N) is 1.